The summed E-state index contributed by atoms with van der Waals surface area (Å²) in [5.41, 5.74) is 5.71. The highest BCUT2D eigenvalue weighted by atomic mass is 32.2. The fourth-order valence-corrected chi connectivity index (χ4v) is 9.25. The van der Waals surface area contributed by atoms with Crippen LogP contribution in [0, 0.1) is 5.92 Å². The first-order chi connectivity index (χ1) is 17.1. The summed E-state index contributed by atoms with van der Waals surface area (Å²) >= 11 is 0. The molecule has 36 heavy (non-hydrogen) atoms. The van der Waals surface area contributed by atoms with Crippen molar-refractivity contribution in [3.63, 3.8) is 0 Å². The highest BCUT2D eigenvalue weighted by Gasteiger charge is 2.56. The zero-order chi connectivity index (χ0) is 25.3. The van der Waals surface area contributed by atoms with Gasteiger partial charge in [0.1, 0.15) is 0 Å². The van der Waals surface area contributed by atoms with Crippen molar-refractivity contribution in [2.75, 3.05) is 31.2 Å². The number of benzene rings is 1. The lowest BCUT2D eigenvalue weighted by Gasteiger charge is -2.59. The maximum absolute atomic E-state index is 13.5. The smallest absolute Gasteiger partial charge is 0.307 e. The SMILES string of the molecule is CN1C[C@@]2(CC3CC3)CCCN2C(CS(=O)(=O)NC(=O)Nc2c3c(cc4c2CCC4)CCC3)C1(C)C. The number of rotatable bonds is 6. The topological polar surface area (TPSA) is 81.8 Å². The summed E-state index contributed by atoms with van der Waals surface area (Å²) in [6, 6.07) is 1.54. The molecule has 6 rings (SSSR count). The minimum atomic E-state index is -3.83. The minimum Gasteiger partial charge on any atom is -0.307 e. The first-order valence-electron chi connectivity index (χ1n) is 14.0. The van der Waals surface area contributed by atoms with E-state index in [9.17, 15) is 13.2 Å². The molecule has 7 nitrogen and oxygen atoms in total. The molecule has 0 bridgehead atoms. The molecule has 0 radical (unpaired) electrons. The first-order valence-corrected chi connectivity index (χ1v) is 15.7. The number of anilines is 1. The lowest BCUT2D eigenvalue weighted by molar-refractivity contribution is -0.0811. The largest absolute Gasteiger partial charge is 0.332 e. The number of hydrogen-bond donors (Lipinski definition) is 2. The molecular weight excluding hydrogens is 472 g/mol. The van der Waals surface area contributed by atoms with Crippen LogP contribution in [0.4, 0.5) is 10.5 Å². The van der Waals surface area contributed by atoms with Gasteiger partial charge in [-0.05, 0) is 113 Å². The first kappa shape index (κ1) is 24.7. The van der Waals surface area contributed by atoms with Crippen molar-refractivity contribution in [1.29, 1.82) is 0 Å². The van der Waals surface area contributed by atoms with Crippen LogP contribution in [0.1, 0.15) is 81.0 Å². The van der Waals surface area contributed by atoms with Crippen molar-refractivity contribution >= 4 is 21.7 Å². The Kier molecular flexibility index (Phi) is 5.97. The molecule has 1 aromatic carbocycles. The summed E-state index contributed by atoms with van der Waals surface area (Å²) < 4.78 is 29.4. The summed E-state index contributed by atoms with van der Waals surface area (Å²) in [6.07, 6.45) is 12.2. The third-order valence-electron chi connectivity index (χ3n) is 10.1. The van der Waals surface area contributed by atoms with Gasteiger partial charge in [-0.25, -0.2) is 17.9 Å². The predicted octanol–water partition coefficient (Wildman–Crippen LogP) is 3.84. The maximum Gasteiger partial charge on any atom is 0.332 e. The highest BCUT2D eigenvalue weighted by Crippen LogP contribution is 2.49. The Morgan fingerprint density at radius 3 is 2.36 bits per heavy atom. The molecule has 2 aliphatic heterocycles. The van der Waals surface area contributed by atoms with E-state index in [0.29, 0.717) is 0 Å². The molecule has 1 saturated carbocycles. The third kappa shape index (κ3) is 4.27. The number of likely N-dealkylation sites (N-methyl/N-ethyl adjacent to an activating group) is 1. The average Bonchev–Trinajstić information content (AvgIpc) is 3.15. The zero-order valence-electron chi connectivity index (χ0n) is 22.2. The predicted molar refractivity (Wildman–Crippen MR) is 143 cm³/mol. The number of nitrogens with zero attached hydrogens (tertiary/aromatic N) is 2. The van der Waals surface area contributed by atoms with Crippen LogP contribution < -0.4 is 10.0 Å². The average molecular weight is 515 g/mol. The van der Waals surface area contributed by atoms with Crippen molar-refractivity contribution in [3.05, 3.63) is 28.3 Å². The molecule has 1 aromatic rings. The Labute approximate surface area is 216 Å². The van der Waals surface area contributed by atoms with Gasteiger partial charge >= 0.3 is 6.03 Å². The number of hydrogen-bond acceptors (Lipinski definition) is 5. The van der Waals surface area contributed by atoms with E-state index in [1.807, 2.05) is 0 Å². The highest BCUT2D eigenvalue weighted by molar-refractivity contribution is 7.90. The summed E-state index contributed by atoms with van der Waals surface area (Å²) in [5, 5.41) is 3.00. The van der Waals surface area contributed by atoms with E-state index in [1.165, 1.54) is 41.5 Å². The standard InChI is InChI=1S/C28H42N4O3S/c1-27(2)24(32-14-6-13-28(32,18-31(27)3)16-19-11-12-19)17-36(34,35)30-26(33)29-25-22-9-4-7-20(22)15-21-8-5-10-23(21)25/h15,19,24H,4-14,16-18H2,1-3H3,(H2,29,30,33)/t24?,28-/m0/s1. The van der Waals surface area contributed by atoms with Crippen LogP contribution in [0.5, 0.6) is 0 Å². The molecule has 1 unspecified atom stereocenters. The number of carbonyl (C=O) groups excluding carboxylic acids is 1. The van der Waals surface area contributed by atoms with Crippen LogP contribution in [0.2, 0.25) is 0 Å². The second-order valence-electron chi connectivity index (χ2n) is 12.8. The summed E-state index contributed by atoms with van der Waals surface area (Å²) in [4.78, 5) is 18.0. The van der Waals surface area contributed by atoms with Gasteiger partial charge in [-0.3, -0.25) is 9.80 Å². The van der Waals surface area contributed by atoms with Crippen LogP contribution in [-0.4, -0.2) is 67.3 Å². The van der Waals surface area contributed by atoms with Gasteiger partial charge < -0.3 is 5.32 Å². The van der Waals surface area contributed by atoms with Crippen molar-refractivity contribution in [1.82, 2.24) is 14.5 Å². The molecule has 5 aliphatic rings. The summed E-state index contributed by atoms with van der Waals surface area (Å²) in [5.74, 6) is 0.727. The van der Waals surface area contributed by atoms with Crippen molar-refractivity contribution in [2.45, 2.75) is 102 Å². The normalized spacial score (nSPS) is 29.6. The molecule has 198 valence electrons. The van der Waals surface area contributed by atoms with Crippen molar-refractivity contribution in [3.8, 4) is 0 Å². The molecule has 3 aliphatic carbocycles. The molecule has 2 heterocycles. The van der Waals surface area contributed by atoms with E-state index < -0.39 is 16.1 Å². The number of fused-ring (bicyclic) bond motifs is 3. The van der Waals surface area contributed by atoms with Gasteiger partial charge in [0.15, 0.2) is 0 Å². The quantitative estimate of drug-likeness (QED) is 0.603. The van der Waals surface area contributed by atoms with Crippen molar-refractivity contribution in [2.24, 2.45) is 5.92 Å². The summed E-state index contributed by atoms with van der Waals surface area (Å²) in [6.45, 7) is 6.25. The number of carbonyl (C=O) groups is 1. The number of aryl methyl sites for hydroxylation is 2. The van der Waals surface area contributed by atoms with Gasteiger partial charge in [-0.1, -0.05) is 18.9 Å². The Hall–Kier alpha value is -1.64. The van der Waals surface area contributed by atoms with Crippen LogP contribution >= 0.6 is 0 Å². The Bertz CT molecular complexity index is 1140. The maximum atomic E-state index is 13.5. The van der Waals surface area contributed by atoms with Gasteiger partial charge in [-0.2, -0.15) is 0 Å². The van der Waals surface area contributed by atoms with Crippen molar-refractivity contribution < 1.29 is 13.2 Å². The third-order valence-corrected chi connectivity index (χ3v) is 11.3. The minimum absolute atomic E-state index is 0.0603. The van der Waals surface area contributed by atoms with Gasteiger partial charge in [0.05, 0.1) is 5.75 Å². The molecular formula is C28H42N4O3S. The lowest BCUT2D eigenvalue weighted by atomic mass is 9.79. The number of piperazine rings is 1. The molecule has 8 heteroatoms. The second-order valence-corrected chi connectivity index (χ2v) is 14.5. The number of nitrogens with one attached hydrogen (secondary N) is 2. The fourth-order valence-electron chi connectivity index (χ4n) is 7.83. The Balaban J connectivity index is 1.21. The zero-order valence-corrected chi connectivity index (χ0v) is 23.0. The molecule has 2 N–H and O–H groups in total. The Morgan fingerprint density at radius 1 is 1.06 bits per heavy atom. The van der Waals surface area contributed by atoms with E-state index >= 15 is 0 Å². The summed E-state index contributed by atoms with van der Waals surface area (Å²) in [7, 11) is -1.69. The van der Waals surface area contributed by atoms with Gasteiger partial charge in [0.2, 0.25) is 10.0 Å². The molecule has 2 atom stereocenters. The van der Waals surface area contributed by atoms with Crippen LogP contribution in [0.3, 0.4) is 0 Å². The van der Waals surface area contributed by atoms with Crippen LogP contribution in [0.25, 0.3) is 0 Å². The van der Waals surface area contributed by atoms with Gasteiger partial charge in [-0.15, -0.1) is 0 Å². The molecule has 2 saturated heterocycles. The fraction of sp³-hybridized carbons (Fsp3) is 0.750. The number of urea groups is 1. The molecule has 0 aromatic heterocycles. The van der Waals surface area contributed by atoms with E-state index in [0.717, 1.165) is 76.1 Å². The lowest BCUT2D eigenvalue weighted by Crippen LogP contribution is -2.73. The Morgan fingerprint density at radius 2 is 1.72 bits per heavy atom. The van der Waals surface area contributed by atoms with E-state index in [2.05, 4.69) is 46.8 Å². The monoisotopic (exact) mass is 514 g/mol. The van der Waals surface area contributed by atoms with Crippen LogP contribution in [-0.2, 0) is 35.7 Å². The van der Waals surface area contributed by atoms with E-state index in [4.69, 9.17) is 0 Å². The van der Waals surface area contributed by atoms with E-state index in [1.54, 1.807) is 0 Å². The van der Waals surface area contributed by atoms with Gasteiger partial charge in [0, 0.05) is 29.4 Å². The van der Waals surface area contributed by atoms with Gasteiger partial charge in [0.25, 0.3) is 0 Å². The van der Waals surface area contributed by atoms with Crippen LogP contribution in [0.15, 0.2) is 6.07 Å². The molecule has 2 amide bonds. The van der Waals surface area contributed by atoms with E-state index in [-0.39, 0.29) is 22.9 Å². The molecule has 0 spiro atoms. The second kappa shape index (κ2) is 8.70. The number of sulfonamides is 1. The molecule has 3 fully saturated rings. The number of amides is 2.